The third-order valence-electron chi connectivity index (χ3n) is 4.80. The van der Waals surface area contributed by atoms with E-state index in [0.717, 1.165) is 22.1 Å². The molecule has 4 rings (SSSR count). The molecule has 0 radical (unpaired) electrons. The highest BCUT2D eigenvalue weighted by molar-refractivity contribution is 5.85. The third-order valence-corrected chi connectivity index (χ3v) is 4.80. The van der Waals surface area contributed by atoms with Crippen LogP contribution in [-0.4, -0.2) is 9.91 Å². The van der Waals surface area contributed by atoms with Gasteiger partial charge in [0.2, 0.25) is 0 Å². The Morgan fingerprint density at radius 1 is 1.04 bits per heavy atom. The van der Waals surface area contributed by atoms with Gasteiger partial charge in [0.05, 0.1) is 4.92 Å². The Hall–Kier alpha value is -3.80. The molecule has 0 fully saturated rings. The lowest BCUT2D eigenvalue weighted by molar-refractivity contribution is -0.384. The second-order valence-electron chi connectivity index (χ2n) is 6.54. The Kier molecular flexibility index (Phi) is 4.45. The van der Waals surface area contributed by atoms with Crippen molar-refractivity contribution in [2.45, 2.75) is 13.3 Å². The van der Waals surface area contributed by atoms with Gasteiger partial charge in [0.1, 0.15) is 5.58 Å². The highest BCUT2D eigenvalue weighted by Crippen LogP contribution is 2.27. The van der Waals surface area contributed by atoms with Crippen LogP contribution in [0.1, 0.15) is 16.7 Å². The minimum Gasteiger partial charge on any atom is -0.422 e. The molecule has 0 saturated heterocycles. The summed E-state index contributed by atoms with van der Waals surface area (Å²) < 4.78 is 5.58. The predicted molar refractivity (Wildman–Crippen MR) is 106 cm³/mol. The van der Waals surface area contributed by atoms with Crippen LogP contribution in [0.15, 0.2) is 76.2 Å². The quantitative estimate of drug-likeness (QED) is 0.295. The second kappa shape index (κ2) is 7.08. The van der Waals surface area contributed by atoms with Crippen LogP contribution in [-0.2, 0) is 6.42 Å². The van der Waals surface area contributed by atoms with Gasteiger partial charge in [-0.15, -0.1) is 0 Å². The summed E-state index contributed by atoms with van der Waals surface area (Å²) >= 11 is 0. The van der Waals surface area contributed by atoms with Crippen molar-refractivity contribution < 1.29 is 9.34 Å². The number of hydrogen-bond acceptors (Lipinski definition) is 5. The SMILES string of the molecule is Cc1c(Cc2cccc([N+](=O)[O-])c2)c(=O)oc2cc(-c3ccncc3)ccc12. The first-order valence-corrected chi connectivity index (χ1v) is 8.73. The number of nitro benzene ring substituents is 1. The van der Waals surface area contributed by atoms with Gasteiger partial charge in [-0.25, -0.2) is 4.79 Å². The van der Waals surface area contributed by atoms with Gasteiger partial charge < -0.3 is 4.42 Å². The van der Waals surface area contributed by atoms with Gasteiger partial charge in [-0.3, -0.25) is 15.1 Å². The van der Waals surface area contributed by atoms with E-state index in [9.17, 15) is 14.9 Å². The number of nitro groups is 1. The molecule has 0 unspecified atom stereocenters. The number of benzene rings is 2. The summed E-state index contributed by atoms with van der Waals surface area (Å²) in [6.07, 6.45) is 3.70. The molecule has 2 heterocycles. The number of aromatic nitrogens is 1. The van der Waals surface area contributed by atoms with E-state index >= 15 is 0 Å². The van der Waals surface area contributed by atoms with Crippen molar-refractivity contribution in [2.75, 3.05) is 0 Å². The number of pyridine rings is 1. The Morgan fingerprint density at radius 3 is 2.57 bits per heavy atom. The van der Waals surface area contributed by atoms with Crippen molar-refractivity contribution in [2.24, 2.45) is 0 Å². The maximum atomic E-state index is 12.6. The molecule has 0 aliphatic rings. The number of rotatable bonds is 4. The van der Waals surface area contributed by atoms with Gasteiger partial charge in [0.25, 0.3) is 5.69 Å². The molecule has 0 amide bonds. The largest absolute Gasteiger partial charge is 0.422 e. The fourth-order valence-corrected chi connectivity index (χ4v) is 3.31. The van der Waals surface area contributed by atoms with Crippen molar-refractivity contribution in [1.29, 1.82) is 0 Å². The maximum absolute atomic E-state index is 12.6. The Morgan fingerprint density at radius 2 is 1.82 bits per heavy atom. The molecule has 0 saturated carbocycles. The summed E-state index contributed by atoms with van der Waals surface area (Å²) in [5.41, 5.74) is 4.02. The first-order valence-electron chi connectivity index (χ1n) is 8.73. The second-order valence-corrected chi connectivity index (χ2v) is 6.54. The van der Waals surface area contributed by atoms with Crippen LogP contribution in [0.2, 0.25) is 0 Å². The summed E-state index contributed by atoms with van der Waals surface area (Å²) in [5, 5.41) is 11.8. The molecule has 6 nitrogen and oxygen atoms in total. The lowest BCUT2D eigenvalue weighted by atomic mass is 9.98. The summed E-state index contributed by atoms with van der Waals surface area (Å²) in [6, 6.07) is 15.8. The van der Waals surface area contributed by atoms with Gasteiger partial charge >= 0.3 is 5.63 Å². The van der Waals surface area contributed by atoms with Crippen molar-refractivity contribution >= 4 is 16.7 Å². The van der Waals surface area contributed by atoms with Crippen molar-refractivity contribution in [3.63, 3.8) is 0 Å². The molecule has 0 bridgehead atoms. The van der Waals surface area contributed by atoms with Gasteiger partial charge in [0, 0.05) is 41.9 Å². The van der Waals surface area contributed by atoms with E-state index in [4.69, 9.17) is 4.42 Å². The van der Waals surface area contributed by atoms with E-state index in [2.05, 4.69) is 4.98 Å². The number of nitrogens with zero attached hydrogens (tertiary/aromatic N) is 2. The first kappa shape index (κ1) is 17.6. The maximum Gasteiger partial charge on any atom is 0.340 e. The Bertz CT molecular complexity index is 1250. The van der Waals surface area contributed by atoms with Crippen molar-refractivity contribution in [3.05, 3.63) is 104 Å². The molecule has 2 aromatic carbocycles. The molecule has 2 aromatic heterocycles. The highest BCUT2D eigenvalue weighted by atomic mass is 16.6. The lowest BCUT2D eigenvalue weighted by Gasteiger charge is -2.09. The molecule has 138 valence electrons. The van der Waals surface area contributed by atoms with Gasteiger partial charge in [-0.05, 0) is 47.4 Å². The van der Waals surface area contributed by atoms with Gasteiger partial charge in [-0.2, -0.15) is 0 Å². The van der Waals surface area contributed by atoms with Gasteiger partial charge in [0.15, 0.2) is 0 Å². The molecule has 0 N–H and O–H groups in total. The molecule has 0 spiro atoms. The van der Waals surface area contributed by atoms with Crippen LogP contribution in [0.5, 0.6) is 0 Å². The van der Waals surface area contributed by atoms with E-state index in [0.29, 0.717) is 16.7 Å². The zero-order valence-corrected chi connectivity index (χ0v) is 15.1. The van der Waals surface area contributed by atoms with Crippen LogP contribution >= 0.6 is 0 Å². The molecule has 6 heteroatoms. The van der Waals surface area contributed by atoms with Gasteiger partial charge in [-0.1, -0.05) is 24.3 Å². The molecule has 28 heavy (non-hydrogen) atoms. The smallest absolute Gasteiger partial charge is 0.340 e. The van der Waals surface area contributed by atoms with Crippen LogP contribution in [0.3, 0.4) is 0 Å². The summed E-state index contributed by atoms with van der Waals surface area (Å²) in [4.78, 5) is 27.2. The van der Waals surface area contributed by atoms with Crippen molar-refractivity contribution in [1.82, 2.24) is 4.98 Å². The van der Waals surface area contributed by atoms with Crippen molar-refractivity contribution in [3.8, 4) is 11.1 Å². The van der Waals surface area contributed by atoms with E-state index < -0.39 is 10.5 Å². The first-order chi connectivity index (χ1) is 13.5. The van der Waals surface area contributed by atoms with Crippen LogP contribution in [0, 0.1) is 17.0 Å². The average molecular weight is 372 g/mol. The minimum atomic E-state index is -0.445. The molecule has 0 aliphatic heterocycles. The fraction of sp³-hybridized carbons (Fsp3) is 0.0909. The van der Waals surface area contributed by atoms with E-state index in [-0.39, 0.29) is 12.1 Å². The average Bonchev–Trinajstić information content (AvgIpc) is 2.71. The van der Waals surface area contributed by atoms with E-state index in [1.807, 2.05) is 37.3 Å². The zero-order valence-electron chi connectivity index (χ0n) is 15.1. The number of non-ortho nitro benzene ring substituents is 1. The monoisotopic (exact) mass is 372 g/mol. The third kappa shape index (κ3) is 3.27. The molecule has 4 aromatic rings. The fourth-order valence-electron chi connectivity index (χ4n) is 3.31. The summed E-state index contributed by atoms with van der Waals surface area (Å²) in [5.74, 6) is 0. The Labute approximate surface area is 160 Å². The number of aryl methyl sites for hydroxylation is 1. The summed E-state index contributed by atoms with van der Waals surface area (Å²) in [6.45, 7) is 1.87. The van der Waals surface area contributed by atoms with Crippen LogP contribution in [0.4, 0.5) is 5.69 Å². The standard InChI is InChI=1S/C22H16N2O4/c1-14-19-6-5-17(16-7-9-23-10-8-16)13-21(19)28-22(25)20(14)12-15-3-2-4-18(11-15)24(26)27/h2-11,13H,12H2,1H3. The Balaban J connectivity index is 1.77. The topological polar surface area (TPSA) is 86.2 Å². The number of fused-ring (bicyclic) bond motifs is 1. The van der Waals surface area contributed by atoms with E-state index in [1.54, 1.807) is 24.5 Å². The molecule has 0 atom stereocenters. The molecule has 0 aliphatic carbocycles. The normalized spacial score (nSPS) is 10.9. The molecular weight excluding hydrogens is 356 g/mol. The minimum absolute atomic E-state index is 0.00215. The molecular formula is C22H16N2O4. The van der Waals surface area contributed by atoms with Crippen LogP contribution < -0.4 is 5.63 Å². The van der Waals surface area contributed by atoms with E-state index in [1.165, 1.54) is 12.1 Å². The zero-order chi connectivity index (χ0) is 19.7. The summed E-state index contributed by atoms with van der Waals surface area (Å²) in [7, 11) is 0. The number of hydrogen-bond donors (Lipinski definition) is 0. The highest BCUT2D eigenvalue weighted by Gasteiger charge is 2.14. The van der Waals surface area contributed by atoms with Crippen LogP contribution in [0.25, 0.3) is 22.1 Å². The lowest BCUT2D eigenvalue weighted by Crippen LogP contribution is -2.11. The predicted octanol–water partition coefficient (Wildman–Crippen LogP) is 4.66.